The van der Waals surface area contributed by atoms with Gasteiger partial charge in [0, 0.05) is 11.7 Å². The normalized spacial score (nSPS) is 21.7. The van der Waals surface area contributed by atoms with Crippen LogP contribution in [0.1, 0.15) is 46.0 Å². The van der Waals surface area contributed by atoms with Gasteiger partial charge in [-0.3, -0.25) is 0 Å². The number of rotatable bonds is 3. The molecule has 1 aromatic carbocycles. The molecule has 1 saturated carbocycles. The van der Waals surface area contributed by atoms with Gasteiger partial charge >= 0.3 is 0 Å². The van der Waals surface area contributed by atoms with E-state index >= 15 is 0 Å². The number of aromatic nitrogens is 4. The molecular formula is C16H23N5. The lowest BCUT2D eigenvalue weighted by Crippen LogP contribution is -2.19. The molecule has 0 radical (unpaired) electrons. The van der Waals surface area contributed by atoms with Crippen LogP contribution >= 0.6 is 0 Å². The number of benzene rings is 1. The molecule has 1 fully saturated rings. The van der Waals surface area contributed by atoms with Crippen molar-refractivity contribution in [2.75, 3.05) is 5.32 Å². The molecule has 1 atom stereocenters. The SMILES string of the molecule is CC1(C)CCCC(Nc2ccc(-n3cnnn3)cc2)CC1. The fourth-order valence-electron chi connectivity index (χ4n) is 3.03. The Morgan fingerprint density at radius 1 is 1.14 bits per heavy atom. The summed E-state index contributed by atoms with van der Waals surface area (Å²) in [6.07, 6.45) is 8.07. The van der Waals surface area contributed by atoms with Crippen molar-refractivity contribution in [3.05, 3.63) is 30.6 Å². The summed E-state index contributed by atoms with van der Waals surface area (Å²) in [7, 11) is 0. The summed E-state index contributed by atoms with van der Waals surface area (Å²) in [5.41, 5.74) is 2.66. The molecular weight excluding hydrogens is 262 g/mol. The molecule has 2 aromatic rings. The van der Waals surface area contributed by atoms with Crippen molar-refractivity contribution < 1.29 is 0 Å². The van der Waals surface area contributed by atoms with E-state index in [0.29, 0.717) is 11.5 Å². The van der Waals surface area contributed by atoms with Crippen LogP contribution in [0.2, 0.25) is 0 Å². The molecule has 0 aliphatic heterocycles. The Labute approximate surface area is 125 Å². The van der Waals surface area contributed by atoms with Crippen LogP contribution in [0.25, 0.3) is 5.69 Å². The molecule has 1 aliphatic carbocycles. The second-order valence-corrected chi connectivity index (χ2v) is 6.74. The number of nitrogens with one attached hydrogen (secondary N) is 1. The first-order chi connectivity index (χ1) is 10.1. The zero-order valence-corrected chi connectivity index (χ0v) is 12.8. The maximum atomic E-state index is 3.90. The first kappa shape index (κ1) is 14.0. The Kier molecular flexibility index (Phi) is 3.90. The summed E-state index contributed by atoms with van der Waals surface area (Å²) < 4.78 is 1.66. The molecule has 1 N–H and O–H groups in total. The summed E-state index contributed by atoms with van der Waals surface area (Å²) in [4.78, 5) is 0. The first-order valence-corrected chi connectivity index (χ1v) is 7.72. The van der Waals surface area contributed by atoms with Crippen molar-refractivity contribution >= 4 is 5.69 Å². The second kappa shape index (κ2) is 5.84. The Morgan fingerprint density at radius 3 is 2.67 bits per heavy atom. The van der Waals surface area contributed by atoms with Crippen molar-refractivity contribution in [1.29, 1.82) is 0 Å². The predicted octanol–water partition coefficient (Wildman–Crippen LogP) is 3.43. The van der Waals surface area contributed by atoms with Crippen LogP contribution in [0.15, 0.2) is 30.6 Å². The highest BCUT2D eigenvalue weighted by molar-refractivity contribution is 5.48. The minimum atomic E-state index is 0.500. The largest absolute Gasteiger partial charge is 0.382 e. The maximum absolute atomic E-state index is 3.90. The minimum Gasteiger partial charge on any atom is -0.382 e. The smallest absolute Gasteiger partial charge is 0.143 e. The molecule has 0 saturated heterocycles. The third-order valence-corrected chi connectivity index (χ3v) is 4.43. The average molecular weight is 285 g/mol. The highest BCUT2D eigenvalue weighted by Crippen LogP contribution is 2.34. The van der Waals surface area contributed by atoms with Crippen molar-refractivity contribution in [2.45, 2.75) is 52.0 Å². The number of hydrogen-bond donors (Lipinski definition) is 1. The lowest BCUT2D eigenvalue weighted by molar-refractivity contribution is 0.313. The Morgan fingerprint density at radius 2 is 1.95 bits per heavy atom. The summed E-state index contributed by atoms with van der Waals surface area (Å²) in [6, 6.07) is 8.88. The van der Waals surface area contributed by atoms with Gasteiger partial charge in [-0.15, -0.1) is 5.10 Å². The van der Waals surface area contributed by atoms with Crippen molar-refractivity contribution in [3.8, 4) is 5.69 Å². The average Bonchev–Trinajstić information content (AvgIpc) is 2.94. The van der Waals surface area contributed by atoms with Gasteiger partial charge in [-0.25, -0.2) is 4.68 Å². The molecule has 5 nitrogen and oxygen atoms in total. The monoisotopic (exact) mass is 285 g/mol. The van der Waals surface area contributed by atoms with Gasteiger partial charge < -0.3 is 5.32 Å². The van der Waals surface area contributed by atoms with Crippen LogP contribution in [-0.2, 0) is 0 Å². The van der Waals surface area contributed by atoms with Gasteiger partial charge in [0.25, 0.3) is 0 Å². The summed E-state index contributed by atoms with van der Waals surface area (Å²) in [6.45, 7) is 4.77. The first-order valence-electron chi connectivity index (χ1n) is 7.72. The lowest BCUT2D eigenvalue weighted by Gasteiger charge is -2.22. The molecule has 0 amide bonds. The van der Waals surface area contributed by atoms with Gasteiger partial charge in [0.1, 0.15) is 6.33 Å². The van der Waals surface area contributed by atoms with Crippen LogP contribution in [0.5, 0.6) is 0 Å². The van der Waals surface area contributed by atoms with Crippen LogP contribution in [0.3, 0.4) is 0 Å². The molecule has 1 aliphatic rings. The second-order valence-electron chi connectivity index (χ2n) is 6.74. The summed E-state index contributed by atoms with van der Waals surface area (Å²) >= 11 is 0. The Bertz CT molecular complexity index is 559. The Hall–Kier alpha value is -1.91. The van der Waals surface area contributed by atoms with Gasteiger partial charge in [-0.1, -0.05) is 20.3 Å². The zero-order valence-electron chi connectivity index (χ0n) is 12.8. The van der Waals surface area contributed by atoms with Crippen LogP contribution in [-0.4, -0.2) is 26.2 Å². The van der Waals surface area contributed by atoms with Gasteiger partial charge in [0.2, 0.25) is 0 Å². The lowest BCUT2D eigenvalue weighted by atomic mass is 9.85. The standard InChI is InChI=1S/C16H23N5/c1-16(2)10-3-4-13(9-11-16)18-14-5-7-15(8-6-14)21-12-17-19-20-21/h5-8,12-13,18H,3-4,9-11H2,1-2H3. The van der Waals surface area contributed by atoms with E-state index in [4.69, 9.17) is 0 Å². The van der Waals surface area contributed by atoms with Crippen LogP contribution in [0, 0.1) is 5.41 Å². The van der Waals surface area contributed by atoms with E-state index in [0.717, 1.165) is 5.69 Å². The fourth-order valence-corrected chi connectivity index (χ4v) is 3.03. The molecule has 1 unspecified atom stereocenters. The highest BCUT2D eigenvalue weighted by Gasteiger charge is 2.24. The van der Waals surface area contributed by atoms with Crippen molar-refractivity contribution in [3.63, 3.8) is 0 Å². The maximum Gasteiger partial charge on any atom is 0.143 e. The molecule has 5 heteroatoms. The molecule has 1 heterocycles. The summed E-state index contributed by atoms with van der Waals surface area (Å²) in [5, 5.41) is 14.9. The van der Waals surface area contributed by atoms with E-state index < -0.39 is 0 Å². The van der Waals surface area contributed by atoms with E-state index in [1.54, 1.807) is 11.0 Å². The molecule has 0 spiro atoms. The van der Waals surface area contributed by atoms with E-state index in [2.05, 4.69) is 46.8 Å². The minimum absolute atomic E-state index is 0.500. The predicted molar refractivity (Wildman–Crippen MR) is 83.4 cm³/mol. The highest BCUT2D eigenvalue weighted by atomic mass is 15.5. The van der Waals surface area contributed by atoms with E-state index in [1.807, 2.05) is 12.1 Å². The molecule has 112 valence electrons. The van der Waals surface area contributed by atoms with Crippen LogP contribution in [0.4, 0.5) is 5.69 Å². The third kappa shape index (κ3) is 3.60. The van der Waals surface area contributed by atoms with Gasteiger partial charge in [0.15, 0.2) is 0 Å². The van der Waals surface area contributed by atoms with Crippen molar-refractivity contribution in [1.82, 2.24) is 20.2 Å². The number of hydrogen-bond acceptors (Lipinski definition) is 4. The molecule has 1 aromatic heterocycles. The van der Waals surface area contributed by atoms with Gasteiger partial charge in [0.05, 0.1) is 5.69 Å². The van der Waals surface area contributed by atoms with E-state index in [9.17, 15) is 0 Å². The number of nitrogens with zero attached hydrogens (tertiary/aromatic N) is 4. The topological polar surface area (TPSA) is 55.6 Å². The van der Waals surface area contributed by atoms with E-state index in [-0.39, 0.29) is 0 Å². The molecule has 3 rings (SSSR count). The quantitative estimate of drug-likeness (QED) is 0.878. The van der Waals surface area contributed by atoms with Crippen LogP contribution < -0.4 is 5.32 Å². The Balaban J connectivity index is 1.63. The van der Waals surface area contributed by atoms with E-state index in [1.165, 1.54) is 37.8 Å². The fraction of sp³-hybridized carbons (Fsp3) is 0.562. The molecule has 21 heavy (non-hydrogen) atoms. The molecule has 0 bridgehead atoms. The van der Waals surface area contributed by atoms with Gasteiger partial charge in [-0.05, 0) is 65.8 Å². The third-order valence-electron chi connectivity index (χ3n) is 4.43. The number of tetrazole rings is 1. The summed E-state index contributed by atoms with van der Waals surface area (Å²) in [5.74, 6) is 0. The number of anilines is 1. The van der Waals surface area contributed by atoms with Crippen molar-refractivity contribution in [2.24, 2.45) is 5.41 Å². The zero-order chi connectivity index (χ0) is 14.7. The van der Waals surface area contributed by atoms with Gasteiger partial charge in [-0.2, -0.15) is 0 Å².